The van der Waals surface area contributed by atoms with Crippen LogP contribution in [-0.4, -0.2) is 0 Å². The van der Waals surface area contributed by atoms with Gasteiger partial charge in [0.2, 0.25) is 0 Å². The molecule has 1 heterocycles. The first-order valence-electron chi connectivity index (χ1n) is 4.41. The topological polar surface area (TPSA) is 12.0 Å². The monoisotopic (exact) mass is 193 g/mol. The summed E-state index contributed by atoms with van der Waals surface area (Å²) >= 11 is 6.19. The lowest BCUT2D eigenvalue weighted by Gasteiger charge is -2.21. The molecule has 0 amide bonds. The zero-order chi connectivity index (χ0) is 9.42. The summed E-state index contributed by atoms with van der Waals surface area (Å²) in [6.45, 7) is 5.94. The van der Waals surface area contributed by atoms with Crippen LogP contribution in [-0.2, 0) is 6.42 Å². The number of hydrogen-bond donors (Lipinski definition) is 1. The van der Waals surface area contributed by atoms with Crippen LogP contribution in [0, 0.1) is 6.92 Å². The quantitative estimate of drug-likeness (QED) is 0.665. The number of aryl methyl sites for hydroxylation is 1. The van der Waals surface area contributed by atoms with E-state index in [-0.39, 0.29) is 0 Å². The third kappa shape index (κ3) is 1.44. The van der Waals surface area contributed by atoms with Crippen molar-refractivity contribution in [1.82, 2.24) is 0 Å². The molecule has 0 fully saturated rings. The summed E-state index contributed by atoms with van der Waals surface area (Å²) in [5, 5.41) is 4.15. The predicted molar refractivity (Wildman–Crippen MR) is 57.3 cm³/mol. The second kappa shape index (κ2) is 3.08. The van der Waals surface area contributed by atoms with Crippen LogP contribution < -0.4 is 5.32 Å². The van der Waals surface area contributed by atoms with Crippen molar-refractivity contribution in [3.8, 4) is 0 Å². The average Bonchev–Trinajstić information content (AvgIpc) is 2.12. The van der Waals surface area contributed by atoms with Crippen molar-refractivity contribution < 1.29 is 0 Å². The van der Waals surface area contributed by atoms with Crippen molar-refractivity contribution in [1.29, 1.82) is 0 Å². The van der Waals surface area contributed by atoms with E-state index in [1.807, 2.05) is 13.0 Å². The summed E-state index contributed by atoms with van der Waals surface area (Å²) in [7, 11) is 0. The SMILES string of the molecule is C=C1CCc2c(ccc(C)c2Cl)N1. The lowest BCUT2D eigenvalue weighted by molar-refractivity contribution is 0.917. The molecule has 0 spiro atoms. The third-order valence-corrected chi connectivity index (χ3v) is 2.95. The minimum atomic E-state index is 0.900. The van der Waals surface area contributed by atoms with Crippen LogP contribution in [0.5, 0.6) is 0 Å². The molecular formula is C11H12ClN. The van der Waals surface area contributed by atoms with Gasteiger partial charge in [-0.1, -0.05) is 24.2 Å². The Hall–Kier alpha value is -0.950. The van der Waals surface area contributed by atoms with Crippen molar-refractivity contribution in [3.05, 3.63) is 40.6 Å². The van der Waals surface area contributed by atoms with Crippen LogP contribution in [0.4, 0.5) is 5.69 Å². The van der Waals surface area contributed by atoms with Crippen LogP contribution >= 0.6 is 11.6 Å². The van der Waals surface area contributed by atoms with E-state index in [1.54, 1.807) is 0 Å². The van der Waals surface area contributed by atoms with Gasteiger partial charge in [-0.15, -0.1) is 0 Å². The molecule has 0 radical (unpaired) electrons. The second-order valence-corrected chi connectivity index (χ2v) is 3.83. The molecule has 1 nitrogen and oxygen atoms in total. The van der Waals surface area contributed by atoms with Crippen LogP contribution in [0.2, 0.25) is 5.02 Å². The zero-order valence-electron chi connectivity index (χ0n) is 7.65. The summed E-state index contributed by atoms with van der Waals surface area (Å²) in [4.78, 5) is 0. The first-order chi connectivity index (χ1) is 6.18. The summed E-state index contributed by atoms with van der Waals surface area (Å²) in [5.74, 6) is 0. The molecule has 1 aliphatic rings. The number of hydrogen-bond acceptors (Lipinski definition) is 1. The maximum absolute atomic E-state index is 6.19. The van der Waals surface area contributed by atoms with Crippen molar-refractivity contribution in [2.24, 2.45) is 0 Å². The molecule has 13 heavy (non-hydrogen) atoms. The van der Waals surface area contributed by atoms with Gasteiger partial charge in [-0.2, -0.15) is 0 Å². The van der Waals surface area contributed by atoms with Gasteiger partial charge >= 0.3 is 0 Å². The van der Waals surface area contributed by atoms with E-state index in [2.05, 4.69) is 18.0 Å². The average molecular weight is 194 g/mol. The van der Waals surface area contributed by atoms with Crippen LogP contribution in [0.25, 0.3) is 0 Å². The largest absolute Gasteiger partial charge is 0.359 e. The van der Waals surface area contributed by atoms with E-state index in [0.717, 1.165) is 34.8 Å². The Balaban J connectivity index is 2.53. The molecule has 0 aromatic heterocycles. The number of rotatable bonds is 0. The summed E-state index contributed by atoms with van der Waals surface area (Å²) < 4.78 is 0. The smallest absolute Gasteiger partial charge is 0.0488 e. The van der Waals surface area contributed by atoms with Gasteiger partial charge in [-0.05, 0) is 37.0 Å². The Morgan fingerprint density at radius 2 is 2.15 bits per heavy atom. The van der Waals surface area contributed by atoms with Crippen molar-refractivity contribution in [2.75, 3.05) is 5.32 Å². The number of halogens is 1. The van der Waals surface area contributed by atoms with Gasteiger partial charge in [0.15, 0.2) is 0 Å². The molecule has 0 saturated carbocycles. The first-order valence-corrected chi connectivity index (χ1v) is 4.79. The fraction of sp³-hybridized carbons (Fsp3) is 0.273. The molecule has 1 N–H and O–H groups in total. The molecule has 0 aliphatic carbocycles. The van der Waals surface area contributed by atoms with Crippen LogP contribution in [0.3, 0.4) is 0 Å². The van der Waals surface area contributed by atoms with Crippen molar-refractivity contribution in [3.63, 3.8) is 0 Å². The van der Waals surface area contributed by atoms with E-state index in [0.29, 0.717) is 0 Å². The fourth-order valence-electron chi connectivity index (χ4n) is 1.63. The molecule has 2 rings (SSSR count). The molecule has 2 heteroatoms. The Labute approximate surface area is 83.4 Å². The normalized spacial score (nSPS) is 15.1. The number of nitrogens with one attached hydrogen (secondary N) is 1. The molecule has 0 saturated heterocycles. The highest BCUT2D eigenvalue weighted by atomic mass is 35.5. The Kier molecular flexibility index (Phi) is 2.04. The first kappa shape index (κ1) is 8.64. The van der Waals surface area contributed by atoms with E-state index < -0.39 is 0 Å². The molecule has 1 aromatic rings. The highest BCUT2D eigenvalue weighted by Crippen LogP contribution is 2.33. The Morgan fingerprint density at radius 1 is 1.38 bits per heavy atom. The molecule has 0 atom stereocenters. The number of allylic oxidation sites excluding steroid dienone is 1. The Morgan fingerprint density at radius 3 is 2.92 bits per heavy atom. The third-order valence-electron chi connectivity index (χ3n) is 2.42. The fourth-order valence-corrected chi connectivity index (χ4v) is 1.89. The van der Waals surface area contributed by atoms with Gasteiger partial charge in [0.25, 0.3) is 0 Å². The molecule has 0 bridgehead atoms. The number of anilines is 1. The highest BCUT2D eigenvalue weighted by Gasteiger charge is 2.14. The lowest BCUT2D eigenvalue weighted by atomic mass is 10.00. The van der Waals surface area contributed by atoms with Gasteiger partial charge in [0.1, 0.15) is 0 Å². The molecule has 1 aliphatic heterocycles. The molecule has 1 aromatic carbocycles. The zero-order valence-corrected chi connectivity index (χ0v) is 8.41. The van der Waals surface area contributed by atoms with Crippen LogP contribution in [0.1, 0.15) is 17.5 Å². The Bertz CT molecular complexity index is 369. The maximum Gasteiger partial charge on any atom is 0.0488 e. The molecule has 0 unspecified atom stereocenters. The van der Waals surface area contributed by atoms with Crippen molar-refractivity contribution in [2.45, 2.75) is 19.8 Å². The van der Waals surface area contributed by atoms with Gasteiger partial charge in [-0.25, -0.2) is 0 Å². The second-order valence-electron chi connectivity index (χ2n) is 3.45. The van der Waals surface area contributed by atoms with Gasteiger partial charge < -0.3 is 5.32 Å². The maximum atomic E-state index is 6.19. The summed E-state index contributed by atoms with van der Waals surface area (Å²) in [6, 6.07) is 4.10. The minimum Gasteiger partial charge on any atom is -0.359 e. The van der Waals surface area contributed by atoms with Gasteiger partial charge in [0, 0.05) is 16.4 Å². The van der Waals surface area contributed by atoms with E-state index in [4.69, 9.17) is 11.6 Å². The van der Waals surface area contributed by atoms with E-state index >= 15 is 0 Å². The van der Waals surface area contributed by atoms with Gasteiger partial charge in [-0.3, -0.25) is 0 Å². The number of benzene rings is 1. The molecular weight excluding hydrogens is 182 g/mol. The predicted octanol–water partition coefficient (Wildman–Crippen LogP) is 3.52. The summed E-state index contributed by atoms with van der Waals surface area (Å²) in [5.41, 5.74) is 4.57. The van der Waals surface area contributed by atoms with Gasteiger partial charge in [0.05, 0.1) is 0 Å². The summed E-state index contributed by atoms with van der Waals surface area (Å²) in [6.07, 6.45) is 1.98. The van der Waals surface area contributed by atoms with E-state index in [1.165, 1.54) is 5.56 Å². The molecule has 68 valence electrons. The van der Waals surface area contributed by atoms with E-state index in [9.17, 15) is 0 Å². The minimum absolute atomic E-state index is 0.900. The number of fused-ring (bicyclic) bond motifs is 1. The van der Waals surface area contributed by atoms with Crippen molar-refractivity contribution >= 4 is 17.3 Å². The van der Waals surface area contributed by atoms with Crippen LogP contribution in [0.15, 0.2) is 24.4 Å². The lowest BCUT2D eigenvalue weighted by Crippen LogP contribution is -2.09. The highest BCUT2D eigenvalue weighted by molar-refractivity contribution is 6.32. The standard InChI is InChI=1S/C11H12ClN/c1-7-3-6-10-9(11(7)12)5-4-8(2)13-10/h3,6,13H,2,4-5H2,1H3.